The number of rotatable bonds is 12. The largest absolute Gasteiger partial charge is 0.382 e. The first-order valence-corrected chi connectivity index (χ1v) is 21.3. The molecule has 6 rings (SSSR count). The Morgan fingerprint density at radius 3 is 1.09 bits per heavy atom. The van der Waals surface area contributed by atoms with Crippen LogP contribution in [0.3, 0.4) is 0 Å². The molecule has 4 fully saturated rings. The van der Waals surface area contributed by atoms with Crippen LogP contribution in [0.1, 0.15) is 116 Å². The Morgan fingerprint density at radius 1 is 0.481 bits per heavy atom. The monoisotopic (exact) mass is 741 g/mol. The van der Waals surface area contributed by atoms with E-state index in [1.165, 1.54) is 0 Å². The Bertz CT molecular complexity index is 1400. The average molecular weight is 741 g/mol. The number of piperazine rings is 2. The fourth-order valence-electron chi connectivity index (χ4n) is 9.31. The highest BCUT2D eigenvalue weighted by molar-refractivity contribution is 5.91. The maximum absolute atomic E-state index is 13.6. The summed E-state index contributed by atoms with van der Waals surface area (Å²) in [6, 6.07) is 18.6. The van der Waals surface area contributed by atoms with Crippen molar-refractivity contribution in [2.45, 2.75) is 129 Å². The van der Waals surface area contributed by atoms with Gasteiger partial charge in [0.05, 0.1) is 0 Å². The minimum atomic E-state index is -0.201. The van der Waals surface area contributed by atoms with Crippen LogP contribution in [0.15, 0.2) is 48.5 Å². The van der Waals surface area contributed by atoms with E-state index in [0.717, 1.165) is 126 Å². The van der Waals surface area contributed by atoms with Gasteiger partial charge in [-0.15, -0.1) is 0 Å². The van der Waals surface area contributed by atoms with Crippen molar-refractivity contribution in [3.8, 4) is 0 Å². The van der Waals surface area contributed by atoms with Crippen LogP contribution in [0.5, 0.6) is 0 Å². The molecule has 0 bridgehead atoms. The van der Waals surface area contributed by atoms with E-state index in [9.17, 15) is 14.4 Å². The highest BCUT2D eigenvalue weighted by Gasteiger charge is 2.33. The number of ketones is 1. The lowest BCUT2D eigenvalue weighted by Crippen LogP contribution is -2.52. The van der Waals surface area contributed by atoms with Gasteiger partial charge in [0.1, 0.15) is 5.78 Å². The van der Waals surface area contributed by atoms with Gasteiger partial charge >= 0.3 is 0 Å². The second-order valence-electron chi connectivity index (χ2n) is 17.4. The molecule has 296 valence electrons. The molecule has 9 nitrogen and oxygen atoms in total. The van der Waals surface area contributed by atoms with Gasteiger partial charge in [-0.1, -0.05) is 38.1 Å². The zero-order valence-electron chi connectivity index (χ0n) is 34.1. The third-order valence-electron chi connectivity index (χ3n) is 13.3. The van der Waals surface area contributed by atoms with Gasteiger partial charge < -0.3 is 20.4 Å². The second-order valence-corrected chi connectivity index (χ2v) is 17.4. The lowest BCUT2D eigenvalue weighted by molar-refractivity contribution is -0.139. The first kappa shape index (κ1) is 40.2. The molecule has 4 aliphatic rings. The second kappa shape index (κ2) is 18.5. The molecule has 2 aromatic carbocycles. The van der Waals surface area contributed by atoms with E-state index in [1.54, 1.807) is 0 Å². The van der Waals surface area contributed by atoms with Gasteiger partial charge in [-0.25, -0.2) is 0 Å². The number of carbonyl (C=O) groups excluding carboxylic acids is 3. The maximum atomic E-state index is 13.6. The summed E-state index contributed by atoms with van der Waals surface area (Å²) in [4.78, 5) is 49.2. The van der Waals surface area contributed by atoms with Gasteiger partial charge in [-0.05, 0) is 114 Å². The summed E-state index contributed by atoms with van der Waals surface area (Å²) in [5.41, 5.74) is 4.23. The number of hydrogen-bond acceptors (Lipinski definition) is 7. The number of hydrogen-bond donors (Lipinski definition) is 2. The van der Waals surface area contributed by atoms with E-state index in [2.05, 4.69) is 106 Å². The number of nitrogens with zero attached hydrogens (tertiary/aromatic N) is 4. The van der Waals surface area contributed by atoms with Crippen LogP contribution < -0.4 is 10.6 Å². The summed E-state index contributed by atoms with van der Waals surface area (Å²) in [6.45, 7) is 20.3. The number of anilines is 2. The predicted molar refractivity (Wildman–Crippen MR) is 220 cm³/mol. The van der Waals surface area contributed by atoms with Crippen LogP contribution >= 0.6 is 0 Å². The Hall–Kier alpha value is -3.43. The van der Waals surface area contributed by atoms with Gasteiger partial charge in [-0.2, -0.15) is 0 Å². The van der Waals surface area contributed by atoms with Gasteiger partial charge in [0.25, 0.3) is 0 Å². The lowest BCUT2D eigenvalue weighted by atomic mass is 9.84. The van der Waals surface area contributed by atoms with Crippen molar-refractivity contribution in [1.82, 2.24) is 19.6 Å². The van der Waals surface area contributed by atoms with Gasteiger partial charge in [0, 0.05) is 112 Å². The molecule has 2 saturated heterocycles. The van der Waals surface area contributed by atoms with E-state index in [4.69, 9.17) is 0 Å². The van der Waals surface area contributed by atoms with Crippen LogP contribution in [0, 0.1) is 11.8 Å². The molecule has 2 saturated carbocycles. The van der Waals surface area contributed by atoms with Gasteiger partial charge in [-0.3, -0.25) is 24.2 Å². The van der Waals surface area contributed by atoms with Crippen molar-refractivity contribution in [3.05, 3.63) is 59.7 Å². The Morgan fingerprint density at radius 2 is 0.796 bits per heavy atom. The van der Waals surface area contributed by atoms with Crippen LogP contribution in [0.25, 0.3) is 0 Å². The summed E-state index contributed by atoms with van der Waals surface area (Å²) in [5, 5.41) is 7.40. The molecule has 2 atom stereocenters. The quantitative estimate of drug-likeness (QED) is 0.238. The molecule has 54 heavy (non-hydrogen) atoms. The van der Waals surface area contributed by atoms with E-state index < -0.39 is 0 Å². The molecular weight excluding hydrogens is 673 g/mol. The Balaban J connectivity index is 0.908. The van der Waals surface area contributed by atoms with E-state index in [1.807, 2.05) is 13.8 Å². The van der Waals surface area contributed by atoms with E-state index >= 15 is 0 Å². The van der Waals surface area contributed by atoms with Crippen LogP contribution in [-0.2, 0) is 14.4 Å². The highest BCUT2D eigenvalue weighted by atomic mass is 16.2. The minimum Gasteiger partial charge on any atom is -0.382 e. The summed E-state index contributed by atoms with van der Waals surface area (Å²) in [7, 11) is 0. The number of benzene rings is 2. The van der Waals surface area contributed by atoms with Gasteiger partial charge in [0.2, 0.25) is 11.8 Å². The molecule has 2 heterocycles. The molecule has 2 unspecified atom stereocenters. The zero-order chi connectivity index (χ0) is 38.4. The minimum absolute atomic E-state index is 0.155. The number of nitrogens with one attached hydrogen (secondary N) is 2. The zero-order valence-corrected chi connectivity index (χ0v) is 34.1. The Labute approximate surface area is 325 Å². The molecule has 2 aromatic rings. The van der Waals surface area contributed by atoms with Crippen molar-refractivity contribution in [2.75, 3.05) is 63.0 Å². The molecular formula is C45H68N6O3. The fraction of sp³-hybridized carbons (Fsp3) is 0.667. The SMILES string of the molecule is CC(C(=O)C(C)c1ccc(NC2CCC(C(=O)N3CCN(C(C)C)CC3)CC2)cc1)c1ccc(NC2CCC(C(=O)N3CCN(C(C)C)CC3)CC2)cc1. The molecule has 2 aliphatic heterocycles. The van der Waals surface area contributed by atoms with Gasteiger partial charge in [0.15, 0.2) is 0 Å². The lowest BCUT2D eigenvalue weighted by Gasteiger charge is -2.39. The first-order chi connectivity index (χ1) is 26.0. The van der Waals surface area contributed by atoms with E-state index in [-0.39, 0.29) is 29.5 Å². The summed E-state index contributed by atoms with van der Waals surface area (Å²) in [5.74, 6) is 0.843. The molecule has 0 spiro atoms. The maximum Gasteiger partial charge on any atom is 0.225 e. The summed E-state index contributed by atoms with van der Waals surface area (Å²) >= 11 is 0. The average Bonchev–Trinajstić information content (AvgIpc) is 3.20. The Kier molecular flexibility index (Phi) is 13.8. The third kappa shape index (κ3) is 10.1. The summed E-state index contributed by atoms with van der Waals surface area (Å²) < 4.78 is 0. The standard InChI is InChI=1S/C45H68N6O3/c1-31(2)48-23-27-50(28-24-48)44(53)37-11-19-41(20-12-37)46-39-15-7-35(8-16-39)33(5)43(52)34(6)36-9-17-40(18-10-36)47-42-21-13-38(14-22-42)45(54)51-29-25-49(26-30-51)32(3)4/h7-10,15-18,31-34,37-38,41-42,46-47H,11-14,19-30H2,1-6H3. The van der Waals surface area contributed by atoms with Crippen molar-refractivity contribution < 1.29 is 14.4 Å². The third-order valence-corrected chi connectivity index (χ3v) is 13.3. The molecule has 2 aliphatic carbocycles. The molecule has 0 radical (unpaired) electrons. The number of amides is 2. The predicted octanol–water partition coefficient (Wildman–Crippen LogP) is 7.21. The van der Waals surface area contributed by atoms with Crippen LogP contribution in [-0.4, -0.2) is 114 Å². The first-order valence-electron chi connectivity index (χ1n) is 21.3. The van der Waals surface area contributed by atoms with E-state index in [0.29, 0.717) is 36.0 Å². The van der Waals surface area contributed by atoms with Crippen LogP contribution in [0.2, 0.25) is 0 Å². The molecule has 9 heteroatoms. The summed E-state index contributed by atoms with van der Waals surface area (Å²) in [6.07, 6.45) is 7.79. The smallest absolute Gasteiger partial charge is 0.225 e. The van der Waals surface area contributed by atoms with Crippen LogP contribution in [0.4, 0.5) is 11.4 Å². The molecule has 2 N–H and O–H groups in total. The molecule has 2 amide bonds. The topological polar surface area (TPSA) is 88.2 Å². The molecule has 0 aromatic heterocycles. The highest BCUT2D eigenvalue weighted by Crippen LogP contribution is 2.32. The normalized spacial score (nSPS) is 25.7. The van der Waals surface area contributed by atoms with Crippen molar-refractivity contribution >= 4 is 29.0 Å². The van der Waals surface area contributed by atoms with Crippen molar-refractivity contribution in [1.29, 1.82) is 0 Å². The van der Waals surface area contributed by atoms with Crippen molar-refractivity contribution in [2.24, 2.45) is 11.8 Å². The fourth-order valence-corrected chi connectivity index (χ4v) is 9.31. The van der Waals surface area contributed by atoms with Crippen molar-refractivity contribution in [3.63, 3.8) is 0 Å². The number of carbonyl (C=O) groups is 3. The number of Topliss-reactive ketones (excluding diaryl/α,β-unsaturated/α-hetero) is 1.